The van der Waals surface area contributed by atoms with Gasteiger partial charge in [0.05, 0.1) is 41.4 Å². The summed E-state index contributed by atoms with van der Waals surface area (Å²) < 4.78 is 11.8. The molecule has 0 saturated carbocycles. The number of hydrogen-bond acceptors (Lipinski definition) is 8. The highest BCUT2D eigenvalue weighted by molar-refractivity contribution is 7.07. The van der Waals surface area contributed by atoms with Crippen molar-refractivity contribution in [2.75, 3.05) is 13.7 Å². The average molecular weight is 483 g/mol. The molecule has 1 aromatic heterocycles. The van der Waals surface area contributed by atoms with Crippen molar-refractivity contribution in [3.63, 3.8) is 0 Å². The molecule has 34 heavy (non-hydrogen) atoms. The fraction of sp³-hybridized carbons (Fsp3) is 0.208. The summed E-state index contributed by atoms with van der Waals surface area (Å²) in [6.07, 6.45) is 2.80. The number of nitro benzene ring substituents is 1. The van der Waals surface area contributed by atoms with Crippen molar-refractivity contribution >= 4 is 41.1 Å². The Hall–Kier alpha value is -4.05. The van der Waals surface area contributed by atoms with E-state index in [0.717, 1.165) is 16.9 Å². The summed E-state index contributed by atoms with van der Waals surface area (Å²) in [5.41, 5.74) is 1.70. The Morgan fingerprint density at radius 3 is 2.50 bits per heavy atom. The van der Waals surface area contributed by atoms with Crippen LogP contribution in [0, 0.1) is 17.0 Å². The molecule has 0 aliphatic heterocycles. The zero-order valence-electron chi connectivity index (χ0n) is 18.8. The van der Waals surface area contributed by atoms with Crippen LogP contribution in [0.15, 0.2) is 47.3 Å². The highest BCUT2D eigenvalue weighted by Gasteiger charge is 2.12. The second-order valence-corrected chi connectivity index (χ2v) is 8.29. The van der Waals surface area contributed by atoms with Crippen molar-refractivity contribution in [3.8, 4) is 0 Å². The predicted octanol–water partition coefficient (Wildman–Crippen LogP) is 2.13. The Balaban J connectivity index is 2.10. The Morgan fingerprint density at radius 2 is 1.88 bits per heavy atom. The summed E-state index contributed by atoms with van der Waals surface area (Å²) in [5.74, 6) is -1.06. The molecule has 0 bridgehead atoms. The van der Waals surface area contributed by atoms with Gasteiger partial charge in [-0.2, -0.15) is 0 Å². The molecule has 0 N–H and O–H groups in total. The topological polar surface area (TPSA) is 118 Å². The van der Waals surface area contributed by atoms with Gasteiger partial charge in [0.25, 0.3) is 11.2 Å². The van der Waals surface area contributed by atoms with Gasteiger partial charge in [-0.15, -0.1) is 11.3 Å². The van der Waals surface area contributed by atoms with Crippen LogP contribution in [-0.4, -0.2) is 35.1 Å². The van der Waals surface area contributed by atoms with E-state index in [2.05, 4.69) is 0 Å². The lowest BCUT2D eigenvalue weighted by molar-refractivity contribution is -0.385. The molecule has 176 valence electrons. The van der Waals surface area contributed by atoms with Crippen LogP contribution in [0.1, 0.15) is 34.0 Å². The number of rotatable bonds is 7. The van der Waals surface area contributed by atoms with Gasteiger partial charge in [0.2, 0.25) is 0 Å². The highest BCUT2D eigenvalue weighted by Crippen LogP contribution is 2.19. The van der Waals surface area contributed by atoms with Gasteiger partial charge in [-0.05, 0) is 43.2 Å². The van der Waals surface area contributed by atoms with E-state index in [4.69, 9.17) is 9.47 Å². The molecule has 10 heteroatoms. The molecular formula is C24H22N2O7S. The lowest BCUT2D eigenvalue weighted by atomic mass is 10.1. The Labute approximate surface area is 198 Å². The number of aromatic nitrogens is 1. The molecule has 0 unspecified atom stereocenters. The van der Waals surface area contributed by atoms with Gasteiger partial charge < -0.3 is 9.47 Å². The quantitative estimate of drug-likeness (QED) is 0.288. The standard InChI is InChI=1S/C24H22N2O7S/c1-4-33-22(27)13-21-25(14-16-7-9-18(10-8-16)24(29)32-3)23(28)20(34-21)12-17-6-5-15(2)19(11-17)26(30)31/h5-13H,4,14H2,1-3H3/b20-12-,21-13-. The van der Waals surface area contributed by atoms with Gasteiger partial charge in [-0.25, -0.2) is 9.59 Å². The molecular weight excluding hydrogens is 460 g/mol. The van der Waals surface area contributed by atoms with Crippen molar-refractivity contribution in [2.45, 2.75) is 20.4 Å². The Morgan fingerprint density at radius 1 is 1.18 bits per heavy atom. The number of nitrogens with zero attached hydrogens (tertiary/aromatic N) is 2. The van der Waals surface area contributed by atoms with Crippen LogP contribution in [-0.2, 0) is 20.8 Å². The molecule has 3 aromatic rings. The first-order valence-electron chi connectivity index (χ1n) is 10.3. The zero-order chi connectivity index (χ0) is 24.8. The molecule has 0 aliphatic rings. The molecule has 0 radical (unpaired) electrons. The van der Waals surface area contributed by atoms with Gasteiger partial charge in [-0.3, -0.25) is 19.5 Å². The molecule has 0 spiro atoms. The fourth-order valence-electron chi connectivity index (χ4n) is 3.19. The number of esters is 2. The number of methoxy groups -OCH3 is 1. The maximum Gasteiger partial charge on any atom is 0.337 e. The Kier molecular flexibility index (Phi) is 7.75. The summed E-state index contributed by atoms with van der Waals surface area (Å²) >= 11 is 1.08. The second kappa shape index (κ2) is 10.7. The first kappa shape index (κ1) is 24.6. The third kappa shape index (κ3) is 5.65. The maximum absolute atomic E-state index is 13.2. The third-order valence-electron chi connectivity index (χ3n) is 4.91. The van der Waals surface area contributed by atoms with Crippen LogP contribution in [0.2, 0.25) is 0 Å². The lowest BCUT2D eigenvalue weighted by Crippen LogP contribution is -2.32. The number of hydrogen-bond donors (Lipinski definition) is 0. The van der Waals surface area contributed by atoms with Crippen molar-refractivity contribution < 1.29 is 24.0 Å². The van der Waals surface area contributed by atoms with Crippen molar-refractivity contribution in [2.24, 2.45) is 0 Å². The van der Waals surface area contributed by atoms with Gasteiger partial charge in [0.1, 0.15) is 4.66 Å². The number of carbonyl (C=O) groups is 2. The largest absolute Gasteiger partial charge is 0.465 e. The number of ether oxygens (including phenoxy) is 2. The molecule has 2 aromatic carbocycles. The minimum Gasteiger partial charge on any atom is -0.465 e. The molecule has 0 amide bonds. The maximum atomic E-state index is 13.2. The van der Waals surface area contributed by atoms with Gasteiger partial charge in [0.15, 0.2) is 0 Å². The summed E-state index contributed by atoms with van der Waals surface area (Å²) in [7, 11) is 1.29. The molecule has 9 nitrogen and oxygen atoms in total. The second-order valence-electron chi connectivity index (χ2n) is 7.23. The van der Waals surface area contributed by atoms with Crippen LogP contribution >= 0.6 is 11.3 Å². The fourth-order valence-corrected chi connectivity index (χ4v) is 4.22. The van der Waals surface area contributed by atoms with E-state index in [9.17, 15) is 24.5 Å². The summed E-state index contributed by atoms with van der Waals surface area (Å²) in [5, 5.41) is 11.3. The summed E-state index contributed by atoms with van der Waals surface area (Å²) in [6, 6.07) is 11.3. The van der Waals surface area contributed by atoms with Gasteiger partial charge in [0, 0.05) is 11.6 Å². The summed E-state index contributed by atoms with van der Waals surface area (Å²) in [4.78, 5) is 47.7. The molecule has 0 saturated heterocycles. The monoisotopic (exact) mass is 482 g/mol. The van der Waals surface area contributed by atoms with E-state index in [1.807, 2.05) is 0 Å². The molecule has 0 aliphatic carbocycles. The predicted molar refractivity (Wildman–Crippen MR) is 127 cm³/mol. The zero-order valence-corrected chi connectivity index (χ0v) is 19.6. The van der Waals surface area contributed by atoms with Crippen LogP contribution in [0.3, 0.4) is 0 Å². The number of thiazole rings is 1. The van der Waals surface area contributed by atoms with E-state index in [-0.39, 0.29) is 24.4 Å². The Bertz CT molecular complexity index is 1420. The first-order chi connectivity index (χ1) is 16.2. The lowest BCUT2D eigenvalue weighted by Gasteiger charge is -2.04. The minimum absolute atomic E-state index is 0.0466. The van der Waals surface area contributed by atoms with Crippen LogP contribution in [0.5, 0.6) is 0 Å². The minimum atomic E-state index is -0.587. The van der Waals surface area contributed by atoms with Gasteiger partial charge >= 0.3 is 11.9 Å². The molecule has 3 rings (SSSR count). The van der Waals surface area contributed by atoms with Crippen molar-refractivity contribution in [1.29, 1.82) is 0 Å². The first-order valence-corrected chi connectivity index (χ1v) is 11.1. The number of benzene rings is 2. The number of aryl methyl sites for hydroxylation is 1. The highest BCUT2D eigenvalue weighted by atomic mass is 32.1. The van der Waals surface area contributed by atoms with Crippen LogP contribution in [0.25, 0.3) is 12.2 Å². The van der Waals surface area contributed by atoms with Crippen LogP contribution in [0.4, 0.5) is 5.69 Å². The smallest absolute Gasteiger partial charge is 0.337 e. The van der Waals surface area contributed by atoms with E-state index < -0.39 is 16.9 Å². The normalized spacial score (nSPS) is 12.0. The molecule has 0 atom stereocenters. The number of carbonyl (C=O) groups excluding carboxylic acids is 2. The van der Waals surface area contributed by atoms with E-state index >= 15 is 0 Å². The van der Waals surface area contributed by atoms with Crippen LogP contribution < -0.4 is 14.8 Å². The van der Waals surface area contributed by atoms with Crippen molar-refractivity contribution in [1.82, 2.24) is 4.57 Å². The molecule has 1 heterocycles. The summed E-state index contributed by atoms with van der Waals surface area (Å²) in [6.45, 7) is 3.65. The average Bonchev–Trinajstić information content (AvgIpc) is 3.08. The van der Waals surface area contributed by atoms with Gasteiger partial charge in [-0.1, -0.05) is 24.3 Å². The number of nitro groups is 1. The van der Waals surface area contributed by atoms with E-state index in [1.165, 1.54) is 23.8 Å². The SMILES string of the molecule is CCOC(=O)/C=c1\s/c(=C\c2ccc(C)c([N+](=O)[O-])c2)c(=O)n1Cc1ccc(C(=O)OC)cc1. The molecule has 0 fully saturated rings. The van der Waals surface area contributed by atoms with Crippen molar-refractivity contribution in [3.05, 3.63) is 94.4 Å². The van der Waals surface area contributed by atoms with E-state index in [1.54, 1.807) is 56.3 Å². The van der Waals surface area contributed by atoms with E-state index in [0.29, 0.717) is 25.9 Å². The third-order valence-corrected chi connectivity index (χ3v) is 5.97.